The van der Waals surface area contributed by atoms with Crippen molar-refractivity contribution in [1.82, 2.24) is 15.8 Å². The Kier molecular flexibility index (Phi) is 4.79. The molecule has 3 rings (SSSR count). The van der Waals surface area contributed by atoms with Crippen LogP contribution in [0.1, 0.15) is 10.4 Å². The van der Waals surface area contributed by atoms with Gasteiger partial charge in [-0.15, -0.1) is 0 Å². The number of rotatable bonds is 5. The maximum absolute atomic E-state index is 12.2. The van der Waals surface area contributed by atoms with Crippen molar-refractivity contribution in [2.24, 2.45) is 0 Å². The lowest BCUT2D eigenvalue weighted by Crippen LogP contribution is -2.43. The number of hydrazine groups is 1. The van der Waals surface area contributed by atoms with Crippen LogP contribution in [-0.4, -0.2) is 28.3 Å². The van der Waals surface area contributed by atoms with E-state index in [0.29, 0.717) is 5.56 Å². The molecule has 0 radical (unpaired) electrons. The van der Waals surface area contributed by atoms with Crippen LogP contribution >= 0.6 is 0 Å². The van der Waals surface area contributed by atoms with E-state index in [1.165, 1.54) is 24.4 Å². The van der Waals surface area contributed by atoms with Gasteiger partial charge in [-0.25, -0.2) is 0 Å². The minimum Gasteiger partial charge on any atom is -0.477 e. The van der Waals surface area contributed by atoms with E-state index in [1.54, 1.807) is 18.2 Å². The summed E-state index contributed by atoms with van der Waals surface area (Å²) >= 11 is 0. The zero-order chi connectivity index (χ0) is 18.5. The number of benzene rings is 2. The Bertz CT molecular complexity index is 982. The van der Waals surface area contributed by atoms with Crippen LogP contribution in [0, 0.1) is 10.1 Å². The maximum Gasteiger partial charge on any atom is 0.310 e. The summed E-state index contributed by atoms with van der Waals surface area (Å²) in [6, 6.07) is 12.9. The first-order valence-electron chi connectivity index (χ1n) is 7.58. The first-order chi connectivity index (χ1) is 12.6. The first-order valence-corrected chi connectivity index (χ1v) is 7.58. The summed E-state index contributed by atoms with van der Waals surface area (Å²) < 4.78 is 5.14. The number of aromatic amines is 1. The van der Waals surface area contributed by atoms with E-state index in [-0.39, 0.29) is 11.4 Å². The molecular formula is C17H14N4O5. The monoisotopic (exact) mass is 354 g/mol. The van der Waals surface area contributed by atoms with Crippen LogP contribution in [0.4, 0.5) is 5.69 Å². The second-order valence-electron chi connectivity index (χ2n) is 5.26. The molecule has 1 heterocycles. The minimum absolute atomic E-state index is 0.0318. The molecule has 0 aliphatic rings. The number of hydrogen-bond acceptors (Lipinski definition) is 5. The number of nitro benzene ring substituents is 1. The fourth-order valence-electron chi connectivity index (χ4n) is 2.36. The lowest BCUT2D eigenvalue weighted by atomic mass is 10.2. The highest BCUT2D eigenvalue weighted by Gasteiger charge is 2.16. The molecule has 0 unspecified atom stereocenters. The van der Waals surface area contributed by atoms with Gasteiger partial charge in [-0.05, 0) is 12.1 Å². The Morgan fingerprint density at radius 1 is 1.08 bits per heavy atom. The molecule has 26 heavy (non-hydrogen) atoms. The van der Waals surface area contributed by atoms with Gasteiger partial charge in [0.1, 0.15) is 0 Å². The van der Waals surface area contributed by atoms with Gasteiger partial charge in [0.15, 0.2) is 12.4 Å². The van der Waals surface area contributed by atoms with E-state index in [1.807, 2.05) is 12.1 Å². The summed E-state index contributed by atoms with van der Waals surface area (Å²) in [6.07, 6.45) is 1.54. The van der Waals surface area contributed by atoms with Crippen molar-refractivity contribution in [2.75, 3.05) is 6.61 Å². The van der Waals surface area contributed by atoms with Crippen LogP contribution in [0.15, 0.2) is 54.7 Å². The molecular weight excluding hydrogens is 340 g/mol. The van der Waals surface area contributed by atoms with Crippen molar-refractivity contribution < 1.29 is 19.2 Å². The lowest BCUT2D eigenvalue weighted by Gasteiger charge is -2.08. The SMILES string of the molecule is O=C(COc1ccccc1[N+](=O)[O-])NNC(=O)c1c[nH]c2ccccc12. The predicted octanol–water partition coefficient (Wildman–Crippen LogP) is 1.92. The number of carbonyl (C=O) groups is 2. The van der Waals surface area contributed by atoms with E-state index in [9.17, 15) is 19.7 Å². The highest BCUT2D eigenvalue weighted by atomic mass is 16.6. The van der Waals surface area contributed by atoms with Crippen molar-refractivity contribution in [3.05, 3.63) is 70.4 Å². The summed E-state index contributed by atoms with van der Waals surface area (Å²) in [5.41, 5.74) is 5.41. The number of para-hydroxylation sites is 3. The highest BCUT2D eigenvalue weighted by molar-refractivity contribution is 6.07. The van der Waals surface area contributed by atoms with Gasteiger partial charge in [0.05, 0.1) is 10.5 Å². The zero-order valence-corrected chi connectivity index (χ0v) is 13.4. The molecule has 132 valence electrons. The summed E-state index contributed by atoms with van der Waals surface area (Å²) in [6.45, 7) is -0.487. The Hall–Kier alpha value is -3.88. The molecule has 0 saturated carbocycles. The van der Waals surface area contributed by atoms with Crippen LogP contribution in [0.5, 0.6) is 5.75 Å². The molecule has 0 bridgehead atoms. The maximum atomic E-state index is 12.2. The fraction of sp³-hybridized carbons (Fsp3) is 0.0588. The predicted molar refractivity (Wildman–Crippen MR) is 92.5 cm³/mol. The second kappa shape index (κ2) is 7.34. The third kappa shape index (κ3) is 3.61. The van der Waals surface area contributed by atoms with E-state index in [0.717, 1.165) is 10.9 Å². The normalized spacial score (nSPS) is 10.3. The molecule has 2 amide bonds. The number of nitrogens with one attached hydrogen (secondary N) is 3. The molecule has 9 nitrogen and oxygen atoms in total. The molecule has 3 N–H and O–H groups in total. The molecule has 2 aromatic carbocycles. The molecule has 3 aromatic rings. The topological polar surface area (TPSA) is 126 Å². The molecule has 0 spiro atoms. The van der Waals surface area contributed by atoms with Gasteiger partial charge in [-0.2, -0.15) is 0 Å². The van der Waals surface area contributed by atoms with Crippen molar-refractivity contribution in [2.45, 2.75) is 0 Å². The van der Waals surface area contributed by atoms with Gasteiger partial charge in [0.2, 0.25) is 0 Å². The quantitative estimate of drug-likeness (QED) is 0.476. The Balaban J connectivity index is 1.56. The van der Waals surface area contributed by atoms with Crippen LogP contribution in [0.25, 0.3) is 10.9 Å². The molecule has 0 fully saturated rings. The van der Waals surface area contributed by atoms with Crippen molar-refractivity contribution in [3.63, 3.8) is 0 Å². The average Bonchev–Trinajstić information content (AvgIpc) is 3.08. The molecule has 0 aliphatic carbocycles. The third-order valence-electron chi connectivity index (χ3n) is 3.57. The molecule has 0 aliphatic heterocycles. The van der Waals surface area contributed by atoms with Gasteiger partial charge >= 0.3 is 5.69 Å². The van der Waals surface area contributed by atoms with Crippen LogP contribution in [-0.2, 0) is 4.79 Å². The number of nitrogens with zero attached hydrogens (tertiary/aromatic N) is 1. The Morgan fingerprint density at radius 3 is 2.62 bits per heavy atom. The number of amides is 2. The Labute approximate surface area is 147 Å². The zero-order valence-electron chi connectivity index (χ0n) is 13.4. The van der Waals surface area contributed by atoms with E-state index in [4.69, 9.17) is 4.74 Å². The summed E-state index contributed by atoms with van der Waals surface area (Å²) in [7, 11) is 0. The van der Waals surface area contributed by atoms with Gasteiger partial charge < -0.3 is 9.72 Å². The van der Waals surface area contributed by atoms with E-state index < -0.39 is 23.3 Å². The van der Waals surface area contributed by atoms with Gasteiger partial charge in [-0.3, -0.25) is 30.6 Å². The second-order valence-corrected chi connectivity index (χ2v) is 5.26. The number of carbonyl (C=O) groups excluding carboxylic acids is 2. The first kappa shape index (κ1) is 17.0. The molecule has 0 saturated heterocycles. The van der Waals surface area contributed by atoms with Gasteiger partial charge in [0, 0.05) is 23.2 Å². The standard InChI is InChI=1S/C17H14N4O5/c22-16(10-26-15-8-4-3-7-14(15)21(24)25)19-20-17(23)12-9-18-13-6-2-1-5-11(12)13/h1-9,18H,10H2,(H,19,22)(H,20,23). The number of nitro groups is 1. The molecule has 0 atom stereocenters. The van der Waals surface area contributed by atoms with E-state index in [2.05, 4.69) is 15.8 Å². The minimum atomic E-state index is -0.656. The average molecular weight is 354 g/mol. The molecule has 1 aromatic heterocycles. The van der Waals surface area contributed by atoms with Crippen LogP contribution in [0.3, 0.4) is 0 Å². The number of aromatic nitrogens is 1. The van der Waals surface area contributed by atoms with Gasteiger partial charge in [-0.1, -0.05) is 30.3 Å². The fourth-order valence-corrected chi connectivity index (χ4v) is 2.36. The van der Waals surface area contributed by atoms with Gasteiger partial charge in [0.25, 0.3) is 11.8 Å². The number of H-pyrrole nitrogens is 1. The summed E-state index contributed by atoms with van der Waals surface area (Å²) in [4.78, 5) is 37.2. The summed E-state index contributed by atoms with van der Waals surface area (Å²) in [5, 5.41) is 11.6. The third-order valence-corrected chi connectivity index (χ3v) is 3.57. The number of hydrogen-bond donors (Lipinski definition) is 3. The highest BCUT2D eigenvalue weighted by Crippen LogP contribution is 2.25. The van der Waals surface area contributed by atoms with Crippen molar-refractivity contribution in [1.29, 1.82) is 0 Å². The number of fused-ring (bicyclic) bond motifs is 1. The smallest absolute Gasteiger partial charge is 0.310 e. The molecule has 9 heteroatoms. The van der Waals surface area contributed by atoms with Crippen molar-refractivity contribution in [3.8, 4) is 5.75 Å². The van der Waals surface area contributed by atoms with E-state index >= 15 is 0 Å². The van der Waals surface area contributed by atoms with Crippen LogP contribution in [0.2, 0.25) is 0 Å². The lowest BCUT2D eigenvalue weighted by molar-refractivity contribution is -0.385. The Morgan fingerprint density at radius 2 is 1.81 bits per heavy atom. The number of ether oxygens (including phenoxy) is 1. The van der Waals surface area contributed by atoms with Crippen molar-refractivity contribution >= 4 is 28.4 Å². The largest absolute Gasteiger partial charge is 0.477 e. The van der Waals surface area contributed by atoms with Crippen LogP contribution < -0.4 is 15.6 Å². The summed E-state index contributed by atoms with van der Waals surface area (Å²) in [5.74, 6) is -1.19.